The van der Waals surface area contributed by atoms with Gasteiger partial charge in [-0.1, -0.05) is 12.8 Å². The monoisotopic (exact) mass is 155 g/mol. The van der Waals surface area contributed by atoms with Crippen molar-refractivity contribution in [1.29, 1.82) is 0 Å². The van der Waals surface area contributed by atoms with Gasteiger partial charge in [0.05, 0.1) is 6.61 Å². The number of nitrogens with one attached hydrogen (secondary N) is 1. The quantitative estimate of drug-likeness (QED) is 0.574. The molecule has 1 aliphatic heterocycles. The van der Waals surface area contributed by atoms with Gasteiger partial charge in [0, 0.05) is 12.0 Å². The predicted molar refractivity (Wildman–Crippen MR) is 40.3 cm³/mol. The van der Waals surface area contributed by atoms with Gasteiger partial charge in [-0.3, -0.25) is 0 Å². The molecule has 1 spiro atoms. The molecular weight excluding hydrogens is 142 g/mol. The van der Waals surface area contributed by atoms with Gasteiger partial charge in [0.15, 0.2) is 0 Å². The fourth-order valence-electron chi connectivity index (χ4n) is 2.08. The molecule has 11 heavy (non-hydrogen) atoms. The van der Waals surface area contributed by atoms with Gasteiger partial charge in [-0.15, -0.1) is 0 Å². The molecule has 3 heteroatoms. The lowest BCUT2D eigenvalue weighted by atomic mass is 9.93. The highest BCUT2D eigenvalue weighted by Crippen LogP contribution is 2.34. The van der Waals surface area contributed by atoms with Gasteiger partial charge in [0.1, 0.15) is 0 Å². The largest absolute Gasteiger partial charge is 0.449 e. The van der Waals surface area contributed by atoms with Crippen molar-refractivity contribution in [2.75, 3.05) is 6.61 Å². The molecule has 1 heterocycles. The second kappa shape index (κ2) is 2.40. The van der Waals surface area contributed by atoms with E-state index in [1.807, 2.05) is 0 Å². The van der Waals surface area contributed by atoms with Crippen LogP contribution in [0.5, 0.6) is 0 Å². The Balaban J connectivity index is 2.05. The topological polar surface area (TPSA) is 38.3 Å². The highest BCUT2D eigenvalue weighted by molar-refractivity contribution is 5.69. The summed E-state index contributed by atoms with van der Waals surface area (Å²) in [5.74, 6) is 0. The van der Waals surface area contributed by atoms with E-state index >= 15 is 0 Å². The normalized spacial score (nSPS) is 28.2. The SMILES string of the molecule is O=C1NC2(CCCC2)CCO1. The lowest BCUT2D eigenvalue weighted by Gasteiger charge is -2.33. The minimum absolute atomic E-state index is 0.120. The molecule has 1 saturated carbocycles. The van der Waals surface area contributed by atoms with Crippen molar-refractivity contribution in [3.63, 3.8) is 0 Å². The summed E-state index contributed by atoms with van der Waals surface area (Å²) in [4.78, 5) is 10.9. The summed E-state index contributed by atoms with van der Waals surface area (Å²) in [5, 5.41) is 2.93. The van der Waals surface area contributed by atoms with Crippen LogP contribution in [-0.2, 0) is 4.74 Å². The summed E-state index contributed by atoms with van der Waals surface area (Å²) in [6.07, 6.45) is 5.56. The van der Waals surface area contributed by atoms with E-state index in [4.69, 9.17) is 4.74 Å². The van der Waals surface area contributed by atoms with Gasteiger partial charge < -0.3 is 10.1 Å². The first-order valence-electron chi connectivity index (χ1n) is 4.26. The van der Waals surface area contributed by atoms with E-state index < -0.39 is 0 Å². The average Bonchev–Trinajstić information content (AvgIpc) is 2.37. The molecule has 1 aliphatic carbocycles. The van der Waals surface area contributed by atoms with Crippen LogP contribution in [0, 0.1) is 0 Å². The number of carbonyl (C=O) groups excluding carboxylic acids is 1. The summed E-state index contributed by atoms with van der Waals surface area (Å²) in [7, 11) is 0. The molecule has 2 rings (SSSR count). The number of carbonyl (C=O) groups is 1. The predicted octanol–water partition coefficient (Wildman–Crippen LogP) is 1.43. The lowest BCUT2D eigenvalue weighted by Crippen LogP contribution is -2.51. The number of amides is 1. The van der Waals surface area contributed by atoms with E-state index in [2.05, 4.69) is 5.32 Å². The Bertz CT molecular complexity index is 173. The number of alkyl carbamates (subject to hydrolysis) is 1. The molecule has 0 aromatic rings. The summed E-state index contributed by atoms with van der Waals surface area (Å²) in [5.41, 5.74) is 0.120. The van der Waals surface area contributed by atoms with E-state index in [9.17, 15) is 4.79 Å². The van der Waals surface area contributed by atoms with Crippen LogP contribution in [0.3, 0.4) is 0 Å². The summed E-state index contributed by atoms with van der Waals surface area (Å²) >= 11 is 0. The Kier molecular flexibility index (Phi) is 1.51. The molecule has 1 N–H and O–H groups in total. The Morgan fingerprint density at radius 2 is 2.00 bits per heavy atom. The van der Waals surface area contributed by atoms with Crippen LogP contribution in [0.15, 0.2) is 0 Å². The van der Waals surface area contributed by atoms with Crippen molar-refractivity contribution in [1.82, 2.24) is 5.32 Å². The van der Waals surface area contributed by atoms with Crippen LogP contribution in [0.25, 0.3) is 0 Å². The van der Waals surface area contributed by atoms with E-state index in [-0.39, 0.29) is 11.6 Å². The Hall–Kier alpha value is -0.730. The molecule has 0 unspecified atom stereocenters. The minimum atomic E-state index is -0.224. The smallest absolute Gasteiger partial charge is 0.407 e. The van der Waals surface area contributed by atoms with Gasteiger partial charge >= 0.3 is 6.09 Å². The Morgan fingerprint density at radius 3 is 2.64 bits per heavy atom. The van der Waals surface area contributed by atoms with Gasteiger partial charge in [-0.2, -0.15) is 0 Å². The molecule has 62 valence electrons. The average molecular weight is 155 g/mol. The summed E-state index contributed by atoms with van der Waals surface area (Å²) in [6.45, 7) is 0.603. The zero-order valence-electron chi connectivity index (χ0n) is 6.56. The molecule has 0 atom stereocenters. The number of cyclic esters (lactones) is 1. The Morgan fingerprint density at radius 1 is 1.27 bits per heavy atom. The zero-order chi connectivity index (χ0) is 7.73. The van der Waals surface area contributed by atoms with Crippen molar-refractivity contribution < 1.29 is 9.53 Å². The van der Waals surface area contributed by atoms with E-state index in [1.165, 1.54) is 12.8 Å². The van der Waals surface area contributed by atoms with E-state index in [0.29, 0.717) is 6.61 Å². The zero-order valence-corrected chi connectivity index (χ0v) is 6.56. The highest BCUT2D eigenvalue weighted by atomic mass is 16.6. The number of rotatable bonds is 0. The third kappa shape index (κ3) is 1.19. The molecule has 0 radical (unpaired) electrons. The van der Waals surface area contributed by atoms with Crippen LogP contribution in [0.4, 0.5) is 4.79 Å². The molecule has 2 aliphatic rings. The second-order valence-corrected chi connectivity index (χ2v) is 3.50. The van der Waals surface area contributed by atoms with Crippen molar-refractivity contribution in [3.8, 4) is 0 Å². The molecule has 1 saturated heterocycles. The van der Waals surface area contributed by atoms with Gasteiger partial charge in [0.2, 0.25) is 0 Å². The van der Waals surface area contributed by atoms with Crippen LogP contribution in [0.1, 0.15) is 32.1 Å². The lowest BCUT2D eigenvalue weighted by molar-refractivity contribution is 0.0885. The Labute approximate surface area is 66.1 Å². The van der Waals surface area contributed by atoms with Gasteiger partial charge in [-0.25, -0.2) is 4.79 Å². The first-order valence-corrected chi connectivity index (χ1v) is 4.26. The summed E-state index contributed by atoms with van der Waals surface area (Å²) < 4.78 is 4.81. The third-order valence-corrected chi connectivity index (χ3v) is 2.74. The molecule has 0 aromatic heterocycles. The minimum Gasteiger partial charge on any atom is -0.449 e. The number of ether oxygens (including phenoxy) is 1. The van der Waals surface area contributed by atoms with Crippen LogP contribution >= 0.6 is 0 Å². The van der Waals surface area contributed by atoms with Crippen LogP contribution in [0.2, 0.25) is 0 Å². The third-order valence-electron chi connectivity index (χ3n) is 2.74. The van der Waals surface area contributed by atoms with Gasteiger partial charge in [-0.05, 0) is 12.8 Å². The second-order valence-electron chi connectivity index (χ2n) is 3.50. The van der Waals surface area contributed by atoms with E-state index in [1.54, 1.807) is 0 Å². The first-order chi connectivity index (χ1) is 5.31. The fraction of sp³-hybridized carbons (Fsp3) is 0.875. The highest BCUT2D eigenvalue weighted by Gasteiger charge is 2.38. The number of hydrogen-bond donors (Lipinski definition) is 1. The maximum Gasteiger partial charge on any atom is 0.407 e. The molecule has 1 amide bonds. The maximum absolute atomic E-state index is 10.9. The number of hydrogen-bond acceptors (Lipinski definition) is 2. The van der Waals surface area contributed by atoms with Gasteiger partial charge in [0.25, 0.3) is 0 Å². The van der Waals surface area contributed by atoms with Crippen LogP contribution < -0.4 is 5.32 Å². The standard InChI is InChI=1S/C8H13NO2/c10-7-9-8(5-6-11-7)3-1-2-4-8/h1-6H2,(H,9,10). The maximum atomic E-state index is 10.9. The molecule has 2 fully saturated rings. The van der Waals surface area contributed by atoms with Crippen molar-refractivity contribution in [2.45, 2.75) is 37.6 Å². The van der Waals surface area contributed by atoms with E-state index in [0.717, 1.165) is 19.3 Å². The summed E-state index contributed by atoms with van der Waals surface area (Å²) in [6, 6.07) is 0. The van der Waals surface area contributed by atoms with Crippen molar-refractivity contribution >= 4 is 6.09 Å². The van der Waals surface area contributed by atoms with Crippen LogP contribution in [-0.4, -0.2) is 18.2 Å². The molecule has 0 aromatic carbocycles. The fourth-order valence-corrected chi connectivity index (χ4v) is 2.08. The molecule has 3 nitrogen and oxygen atoms in total. The molecule has 0 bridgehead atoms. The van der Waals surface area contributed by atoms with Crippen molar-refractivity contribution in [3.05, 3.63) is 0 Å². The first kappa shape index (κ1) is 6.95. The molecular formula is C8H13NO2. The van der Waals surface area contributed by atoms with Crippen molar-refractivity contribution in [2.24, 2.45) is 0 Å².